The summed E-state index contributed by atoms with van der Waals surface area (Å²) in [6.07, 6.45) is 0.917. The topological polar surface area (TPSA) is 50.7 Å². The molecule has 0 amide bonds. The van der Waals surface area contributed by atoms with Gasteiger partial charge >= 0.3 is 0 Å². The normalized spacial score (nSPS) is 11.5. The second-order valence-electron chi connectivity index (χ2n) is 5.34. The number of benzene rings is 1. The summed E-state index contributed by atoms with van der Waals surface area (Å²) in [7, 11) is 1.60. The molecule has 0 radical (unpaired) electrons. The van der Waals surface area contributed by atoms with Crippen molar-refractivity contribution >= 4 is 11.6 Å². The molecule has 0 saturated heterocycles. The highest BCUT2D eigenvalue weighted by molar-refractivity contribution is 6.30. The number of aliphatic hydroxyl groups excluding tert-OH is 1. The summed E-state index contributed by atoms with van der Waals surface area (Å²) in [6, 6.07) is 3.60. The molecule has 0 saturated carbocycles. The van der Waals surface area contributed by atoms with Gasteiger partial charge in [-0.2, -0.15) is 0 Å². The number of hydrogen-bond donors (Lipinski definition) is 2. The zero-order valence-corrected chi connectivity index (χ0v) is 13.4. The second-order valence-corrected chi connectivity index (χ2v) is 5.78. The first-order chi connectivity index (χ1) is 9.43. The Morgan fingerprint density at radius 1 is 1.35 bits per heavy atom. The van der Waals surface area contributed by atoms with E-state index >= 15 is 0 Å². The fourth-order valence-corrected chi connectivity index (χ4v) is 1.89. The first-order valence-electron chi connectivity index (χ1n) is 6.78. The molecule has 0 aliphatic carbocycles. The van der Waals surface area contributed by atoms with E-state index in [1.54, 1.807) is 13.2 Å². The van der Waals surface area contributed by atoms with Crippen molar-refractivity contribution in [2.75, 3.05) is 20.3 Å². The third-order valence-corrected chi connectivity index (χ3v) is 3.14. The maximum atomic E-state index is 9.29. The van der Waals surface area contributed by atoms with Crippen LogP contribution in [0.15, 0.2) is 12.1 Å². The summed E-state index contributed by atoms with van der Waals surface area (Å²) >= 11 is 6.11. The average Bonchev–Trinajstić information content (AvgIpc) is 2.43. The molecule has 0 atom stereocenters. The monoisotopic (exact) mass is 301 g/mol. The SMILES string of the molecule is CCCOc1c(CNC(C)(C)CO)cc(Cl)cc1OC. The summed E-state index contributed by atoms with van der Waals surface area (Å²) < 4.78 is 11.1. The number of rotatable bonds is 8. The van der Waals surface area contributed by atoms with Gasteiger partial charge in [-0.25, -0.2) is 0 Å². The third kappa shape index (κ3) is 4.85. The Labute approximate surface area is 126 Å². The van der Waals surface area contributed by atoms with Crippen LogP contribution in [0.1, 0.15) is 32.8 Å². The minimum Gasteiger partial charge on any atom is -0.493 e. The highest BCUT2D eigenvalue weighted by atomic mass is 35.5. The molecule has 5 heteroatoms. The molecule has 1 aromatic rings. The molecule has 0 aromatic heterocycles. The highest BCUT2D eigenvalue weighted by Gasteiger charge is 2.18. The minimum absolute atomic E-state index is 0.0514. The number of halogens is 1. The van der Waals surface area contributed by atoms with Gasteiger partial charge in [0, 0.05) is 28.7 Å². The Morgan fingerprint density at radius 2 is 2.05 bits per heavy atom. The van der Waals surface area contributed by atoms with E-state index in [1.165, 1.54) is 0 Å². The Hall–Kier alpha value is -0.970. The van der Waals surface area contributed by atoms with Crippen molar-refractivity contribution in [2.24, 2.45) is 0 Å². The molecule has 4 nitrogen and oxygen atoms in total. The molecular formula is C15H24ClNO3. The van der Waals surface area contributed by atoms with Crippen LogP contribution in [0.4, 0.5) is 0 Å². The van der Waals surface area contributed by atoms with Crippen LogP contribution in [0.5, 0.6) is 11.5 Å². The summed E-state index contributed by atoms with van der Waals surface area (Å²) in [5.74, 6) is 1.34. The van der Waals surface area contributed by atoms with Crippen LogP contribution in [0.25, 0.3) is 0 Å². The molecule has 0 aliphatic heterocycles. The van der Waals surface area contributed by atoms with Crippen LogP contribution in [-0.2, 0) is 6.54 Å². The van der Waals surface area contributed by atoms with E-state index in [4.69, 9.17) is 21.1 Å². The van der Waals surface area contributed by atoms with Crippen molar-refractivity contribution < 1.29 is 14.6 Å². The summed E-state index contributed by atoms with van der Waals surface area (Å²) in [5.41, 5.74) is 0.557. The van der Waals surface area contributed by atoms with Gasteiger partial charge in [0.1, 0.15) is 0 Å². The van der Waals surface area contributed by atoms with E-state index in [-0.39, 0.29) is 12.1 Å². The van der Waals surface area contributed by atoms with Crippen molar-refractivity contribution in [2.45, 2.75) is 39.3 Å². The molecule has 114 valence electrons. The molecule has 1 rings (SSSR count). The van der Waals surface area contributed by atoms with E-state index in [0.29, 0.717) is 29.7 Å². The fourth-order valence-electron chi connectivity index (χ4n) is 1.66. The van der Waals surface area contributed by atoms with Gasteiger partial charge in [-0.15, -0.1) is 0 Å². The Morgan fingerprint density at radius 3 is 2.60 bits per heavy atom. The summed E-state index contributed by atoms with van der Waals surface area (Å²) in [6.45, 7) is 7.13. The molecule has 0 heterocycles. The molecule has 2 N–H and O–H groups in total. The van der Waals surface area contributed by atoms with Gasteiger partial charge in [0.25, 0.3) is 0 Å². The first kappa shape index (κ1) is 17.1. The second kappa shape index (κ2) is 7.72. The Bertz CT molecular complexity index is 435. The Kier molecular flexibility index (Phi) is 6.59. The van der Waals surface area contributed by atoms with Crippen molar-refractivity contribution in [3.8, 4) is 11.5 Å². The molecule has 0 bridgehead atoms. The van der Waals surface area contributed by atoms with Gasteiger partial charge in [0.05, 0.1) is 20.3 Å². The van der Waals surface area contributed by atoms with Crippen LogP contribution in [0.2, 0.25) is 5.02 Å². The molecular weight excluding hydrogens is 278 g/mol. The van der Waals surface area contributed by atoms with Crippen LogP contribution in [-0.4, -0.2) is 31.0 Å². The predicted molar refractivity (Wildman–Crippen MR) is 81.8 cm³/mol. The fraction of sp³-hybridized carbons (Fsp3) is 0.600. The van der Waals surface area contributed by atoms with Crippen molar-refractivity contribution in [3.05, 3.63) is 22.7 Å². The largest absolute Gasteiger partial charge is 0.493 e. The molecule has 0 unspecified atom stereocenters. The lowest BCUT2D eigenvalue weighted by Gasteiger charge is -2.25. The molecule has 0 spiro atoms. The number of ether oxygens (including phenoxy) is 2. The average molecular weight is 302 g/mol. The van der Waals surface area contributed by atoms with Crippen LogP contribution in [0.3, 0.4) is 0 Å². The van der Waals surface area contributed by atoms with Gasteiger partial charge in [0.2, 0.25) is 0 Å². The highest BCUT2D eigenvalue weighted by Crippen LogP contribution is 2.35. The van der Waals surface area contributed by atoms with Gasteiger partial charge < -0.3 is 19.9 Å². The first-order valence-corrected chi connectivity index (χ1v) is 7.16. The minimum atomic E-state index is -0.364. The number of nitrogens with one attached hydrogen (secondary N) is 1. The number of aliphatic hydroxyl groups is 1. The van der Waals surface area contributed by atoms with E-state index in [9.17, 15) is 5.11 Å². The van der Waals surface area contributed by atoms with Gasteiger partial charge in [-0.3, -0.25) is 0 Å². The van der Waals surface area contributed by atoms with E-state index in [1.807, 2.05) is 19.9 Å². The number of hydrogen-bond acceptors (Lipinski definition) is 4. The van der Waals surface area contributed by atoms with Gasteiger partial charge in [-0.05, 0) is 26.3 Å². The van der Waals surface area contributed by atoms with Crippen molar-refractivity contribution in [1.82, 2.24) is 5.32 Å². The zero-order chi connectivity index (χ0) is 15.2. The van der Waals surface area contributed by atoms with Crippen molar-refractivity contribution in [1.29, 1.82) is 0 Å². The maximum absolute atomic E-state index is 9.29. The van der Waals surface area contributed by atoms with Crippen LogP contribution in [0, 0.1) is 0 Å². The number of methoxy groups -OCH3 is 1. The van der Waals surface area contributed by atoms with E-state index in [2.05, 4.69) is 12.2 Å². The molecule has 0 aliphatic rings. The molecule has 20 heavy (non-hydrogen) atoms. The van der Waals surface area contributed by atoms with Crippen LogP contribution < -0.4 is 14.8 Å². The predicted octanol–water partition coefficient (Wildman–Crippen LogP) is 3.00. The van der Waals surface area contributed by atoms with E-state index in [0.717, 1.165) is 12.0 Å². The quantitative estimate of drug-likeness (QED) is 0.775. The lowest BCUT2D eigenvalue weighted by atomic mass is 10.1. The summed E-state index contributed by atoms with van der Waals surface area (Å²) in [5, 5.41) is 13.2. The Balaban J connectivity index is 2.99. The van der Waals surface area contributed by atoms with Crippen molar-refractivity contribution in [3.63, 3.8) is 0 Å². The van der Waals surface area contributed by atoms with Gasteiger partial charge in [-0.1, -0.05) is 18.5 Å². The third-order valence-electron chi connectivity index (χ3n) is 2.92. The van der Waals surface area contributed by atoms with Crippen LogP contribution >= 0.6 is 11.6 Å². The standard InChI is InChI=1S/C15H24ClNO3/c1-5-6-20-14-11(9-17-15(2,3)10-18)7-12(16)8-13(14)19-4/h7-8,17-18H,5-6,9-10H2,1-4H3. The summed E-state index contributed by atoms with van der Waals surface area (Å²) in [4.78, 5) is 0. The molecule has 1 aromatic carbocycles. The molecule has 0 fully saturated rings. The van der Waals surface area contributed by atoms with E-state index < -0.39 is 0 Å². The zero-order valence-electron chi connectivity index (χ0n) is 12.6. The lowest BCUT2D eigenvalue weighted by Crippen LogP contribution is -2.42. The maximum Gasteiger partial charge on any atom is 0.165 e. The lowest BCUT2D eigenvalue weighted by molar-refractivity contribution is 0.186. The smallest absolute Gasteiger partial charge is 0.165 e. The van der Waals surface area contributed by atoms with Gasteiger partial charge in [0.15, 0.2) is 11.5 Å².